The van der Waals surface area contributed by atoms with Gasteiger partial charge in [-0.05, 0) is 29.7 Å². The van der Waals surface area contributed by atoms with E-state index in [0.29, 0.717) is 12.0 Å². The van der Waals surface area contributed by atoms with Gasteiger partial charge in [0.15, 0.2) is 11.5 Å². The van der Waals surface area contributed by atoms with Crippen LogP contribution in [0.4, 0.5) is 0 Å². The highest BCUT2D eigenvalue weighted by Gasteiger charge is 2.37. The minimum atomic E-state index is 0. The van der Waals surface area contributed by atoms with Crippen LogP contribution in [0.5, 0.6) is 11.5 Å². The van der Waals surface area contributed by atoms with Crippen LogP contribution < -0.4 is 14.8 Å². The van der Waals surface area contributed by atoms with E-state index in [9.17, 15) is 0 Å². The molecule has 2 aliphatic rings. The fourth-order valence-corrected chi connectivity index (χ4v) is 3.06. The standard InChI is InChI=1S/C19H21NO2.ClH/c1-2-5-15(6-3-1)16-12-17(16)20-13-14-7-8-18-19(11-14)22-10-4-9-21-18;/h1-3,5-8,11,16-17,20H,4,9-10,12-13H2;1H/t16-,17+;/m0./s1. The van der Waals surface area contributed by atoms with Gasteiger partial charge in [-0.2, -0.15) is 0 Å². The Bertz CT molecular complexity index is 647. The summed E-state index contributed by atoms with van der Waals surface area (Å²) in [5.74, 6) is 2.42. The molecule has 2 atom stereocenters. The summed E-state index contributed by atoms with van der Waals surface area (Å²) in [4.78, 5) is 0. The maximum Gasteiger partial charge on any atom is 0.161 e. The smallest absolute Gasteiger partial charge is 0.161 e. The van der Waals surface area contributed by atoms with Crippen LogP contribution in [0.15, 0.2) is 48.5 Å². The van der Waals surface area contributed by atoms with Crippen molar-refractivity contribution in [2.24, 2.45) is 0 Å². The first-order valence-corrected chi connectivity index (χ1v) is 8.07. The molecule has 1 saturated carbocycles. The Labute approximate surface area is 143 Å². The number of fused-ring (bicyclic) bond motifs is 1. The molecule has 0 saturated heterocycles. The van der Waals surface area contributed by atoms with Crippen molar-refractivity contribution in [3.63, 3.8) is 0 Å². The normalized spacial score (nSPS) is 21.9. The average molecular weight is 332 g/mol. The number of rotatable bonds is 4. The summed E-state index contributed by atoms with van der Waals surface area (Å²) in [6, 6.07) is 17.6. The van der Waals surface area contributed by atoms with Gasteiger partial charge in [0.1, 0.15) is 0 Å². The molecule has 1 heterocycles. The molecule has 0 amide bonds. The molecule has 0 radical (unpaired) electrons. The Hall–Kier alpha value is -1.71. The molecule has 23 heavy (non-hydrogen) atoms. The predicted molar refractivity (Wildman–Crippen MR) is 93.7 cm³/mol. The van der Waals surface area contributed by atoms with Gasteiger partial charge in [0.25, 0.3) is 0 Å². The molecule has 2 aromatic rings. The van der Waals surface area contributed by atoms with Crippen molar-refractivity contribution in [2.45, 2.75) is 31.3 Å². The molecular weight excluding hydrogens is 310 g/mol. The van der Waals surface area contributed by atoms with Crippen LogP contribution in [0.2, 0.25) is 0 Å². The second-order valence-corrected chi connectivity index (χ2v) is 6.07. The quantitative estimate of drug-likeness (QED) is 0.921. The molecule has 1 aliphatic carbocycles. The summed E-state index contributed by atoms with van der Waals surface area (Å²) in [6.07, 6.45) is 2.18. The molecule has 4 heteroatoms. The molecule has 4 rings (SSSR count). The van der Waals surface area contributed by atoms with Crippen LogP contribution >= 0.6 is 12.4 Å². The van der Waals surface area contributed by atoms with E-state index in [1.54, 1.807) is 0 Å². The van der Waals surface area contributed by atoms with E-state index in [0.717, 1.165) is 37.7 Å². The van der Waals surface area contributed by atoms with Gasteiger partial charge in [0.05, 0.1) is 13.2 Å². The summed E-state index contributed by atoms with van der Waals surface area (Å²) in [5, 5.41) is 3.65. The second-order valence-electron chi connectivity index (χ2n) is 6.07. The van der Waals surface area contributed by atoms with Crippen molar-refractivity contribution < 1.29 is 9.47 Å². The minimum Gasteiger partial charge on any atom is -0.490 e. The Morgan fingerprint density at radius 2 is 1.74 bits per heavy atom. The van der Waals surface area contributed by atoms with Crippen LogP contribution in [0.3, 0.4) is 0 Å². The number of benzene rings is 2. The summed E-state index contributed by atoms with van der Waals surface area (Å²) in [7, 11) is 0. The van der Waals surface area contributed by atoms with Crippen molar-refractivity contribution in [1.29, 1.82) is 0 Å². The first-order chi connectivity index (χ1) is 10.9. The number of ether oxygens (including phenoxy) is 2. The average Bonchev–Trinajstić information content (AvgIpc) is 3.37. The number of hydrogen-bond acceptors (Lipinski definition) is 3. The highest BCUT2D eigenvalue weighted by molar-refractivity contribution is 5.85. The lowest BCUT2D eigenvalue weighted by atomic mass is 10.1. The molecule has 1 fully saturated rings. The lowest BCUT2D eigenvalue weighted by molar-refractivity contribution is 0.297. The van der Waals surface area contributed by atoms with E-state index in [1.807, 2.05) is 6.07 Å². The predicted octanol–water partition coefficient (Wildman–Crippen LogP) is 3.92. The Morgan fingerprint density at radius 3 is 2.57 bits per heavy atom. The summed E-state index contributed by atoms with van der Waals surface area (Å²) < 4.78 is 11.4. The number of nitrogens with one attached hydrogen (secondary N) is 1. The van der Waals surface area contributed by atoms with Gasteiger partial charge >= 0.3 is 0 Å². The van der Waals surface area contributed by atoms with Crippen LogP contribution in [-0.4, -0.2) is 19.3 Å². The first kappa shape index (κ1) is 16.2. The molecule has 0 spiro atoms. The third-order valence-corrected chi connectivity index (χ3v) is 4.40. The van der Waals surface area contributed by atoms with Crippen LogP contribution in [0.1, 0.15) is 29.9 Å². The van der Waals surface area contributed by atoms with E-state index in [4.69, 9.17) is 9.47 Å². The van der Waals surface area contributed by atoms with Crippen molar-refractivity contribution >= 4 is 12.4 Å². The van der Waals surface area contributed by atoms with Crippen LogP contribution in [0, 0.1) is 0 Å². The van der Waals surface area contributed by atoms with Crippen molar-refractivity contribution in [1.82, 2.24) is 5.32 Å². The largest absolute Gasteiger partial charge is 0.490 e. The summed E-state index contributed by atoms with van der Waals surface area (Å²) in [5.41, 5.74) is 2.70. The van der Waals surface area contributed by atoms with Gasteiger partial charge in [-0.25, -0.2) is 0 Å². The van der Waals surface area contributed by atoms with Gasteiger partial charge in [-0.3, -0.25) is 0 Å². The van der Waals surface area contributed by atoms with Gasteiger partial charge in [-0.1, -0.05) is 36.4 Å². The topological polar surface area (TPSA) is 30.5 Å². The second kappa shape index (κ2) is 7.24. The van der Waals surface area contributed by atoms with Gasteiger partial charge in [0, 0.05) is 24.9 Å². The molecule has 122 valence electrons. The van der Waals surface area contributed by atoms with E-state index < -0.39 is 0 Å². The zero-order chi connectivity index (χ0) is 14.8. The third-order valence-electron chi connectivity index (χ3n) is 4.40. The fraction of sp³-hybridized carbons (Fsp3) is 0.368. The Morgan fingerprint density at radius 1 is 0.957 bits per heavy atom. The highest BCUT2D eigenvalue weighted by atomic mass is 35.5. The maximum atomic E-state index is 5.75. The molecule has 1 N–H and O–H groups in total. The highest BCUT2D eigenvalue weighted by Crippen LogP contribution is 2.41. The molecule has 3 nitrogen and oxygen atoms in total. The lowest BCUT2D eigenvalue weighted by Gasteiger charge is -2.10. The summed E-state index contributed by atoms with van der Waals surface area (Å²) >= 11 is 0. The van der Waals surface area contributed by atoms with Crippen molar-refractivity contribution in [2.75, 3.05) is 13.2 Å². The molecule has 2 aromatic carbocycles. The Kier molecular flexibility index (Phi) is 5.09. The molecule has 0 aromatic heterocycles. The van der Waals surface area contributed by atoms with Gasteiger partial charge in [0.2, 0.25) is 0 Å². The fourth-order valence-electron chi connectivity index (χ4n) is 3.06. The SMILES string of the molecule is Cl.c1ccc([C@@H]2C[C@H]2NCc2ccc3c(c2)OCCCO3)cc1. The molecular formula is C19H22ClNO2. The van der Waals surface area contributed by atoms with Gasteiger partial charge in [-0.15, -0.1) is 12.4 Å². The van der Waals surface area contributed by atoms with E-state index in [-0.39, 0.29) is 12.4 Å². The zero-order valence-electron chi connectivity index (χ0n) is 13.0. The van der Waals surface area contributed by atoms with Crippen LogP contribution in [-0.2, 0) is 6.54 Å². The van der Waals surface area contributed by atoms with E-state index in [1.165, 1.54) is 17.5 Å². The monoisotopic (exact) mass is 331 g/mol. The first-order valence-electron chi connectivity index (χ1n) is 8.07. The van der Waals surface area contributed by atoms with Crippen LogP contribution in [0.25, 0.3) is 0 Å². The minimum absolute atomic E-state index is 0. The molecule has 0 unspecified atom stereocenters. The molecule has 0 bridgehead atoms. The summed E-state index contributed by atoms with van der Waals surface area (Å²) in [6.45, 7) is 2.36. The van der Waals surface area contributed by atoms with E-state index >= 15 is 0 Å². The molecule has 1 aliphatic heterocycles. The third kappa shape index (κ3) is 3.80. The Balaban J connectivity index is 0.00000156. The van der Waals surface area contributed by atoms with Crippen molar-refractivity contribution in [3.8, 4) is 11.5 Å². The van der Waals surface area contributed by atoms with Gasteiger partial charge < -0.3 is 14.8 Å². The number of halogens is 1. The van der Waals surface area contributed by atoms with E-state index in [2.05, 4.69) is 47.8 Å². The maximum absolute atomic E-state index is 5.75. The zero-order valence-corrected chi connectivity index (χ0v) is 13.9. The van der Waals surface area contributed by atoms with Crippen molar-refractivity contribution in [3.05, 3.63) is 59.7 Å². The number of hydrogen-bond donors (Lipinski definition) is 1. The lowest BCUT2D eigenvalue weighted by Crippen LogP contribution is -2.17.